The molecule has 0 bridgehead atoms. The third-order valence-corrected chi connectivity index (χ3v) is 7.60. The third kappa shape index (κ3) is 8.41. The van der Waals surface area contributed by atoms with Crippen molar-refractivity contribution in [1.82, 2.24) is 0 Å². The van der Waals surface area contributed by atoms with Crippen LogP contribution in [0.25, 0.3) is 0 Å². The van der Waals surface area contributed by atoms with Crippen molar-refractivity contribution in [3.05, 3.63) is 23.8 Å². The summed E-state index contributed by atoms with van der Waals surface area (Å²) in [5.41, 5.74) is 0.780. The van der Waals surface area contributed by atoms with Crippen LogP contribution in [0.4, 0.5) is 5.69 Å². The van der Waals surface area contributed by atoms with Gasteiger partial charge in [0.05, 0.1) is 30.5 Å². The van der Waals surface area contributed by atoms with Gasteiger partial charge in [0.2, 0.25) is 5.69 Å². The average molecular weight is 514 g/mol. The van der Waals surface area contributed by atoms with Gasteiger partial charge in [-0.25, -0.2) is 25.3 Å². The summed E-state index contributed by atoms with van der Waals surface area (Å²) < 4.78 is 101. The Kier molecular flexibility index (Phi) is 11.6. The number of hydrogen-bond donors (Lipinski definition) is 0. The molecule has 31 heavy (non-hydrogen) atoms. The van der Waals surface area contributed by atoms with Crippen LogP contribution in [0, 0.1) is 0 Å². The zero-order valence-electron chi connectivity index (χ0n) is 17.8. The number of hydrogen-bond acceptors (Lipinski definition) is 9. The molecule has 0 fully saturated rings. The Morgan fingerprint density at radius 2 is 1.42 bits per heavy atom. The van der Waals surface area contributed by atoms with Crippen LogP contribution < -0.4 is 59.1 Å². The Balaban J connectivity index is 0.00000450. The molecule has 0 saturated heterocycles. The molecule has 164 valence electrons. The maximum Gasteiger partial charge on any atom is 1.00 e. The van der Waals surface area contributed by atoms with Gasteiger partial charge in [-0.3, -0.25) is 0 Å². The summed E-state index contributed by atoms with van der Waals surface area (Å²) in [6.07, 6.45) is 0.220. The first kappa shape index (κ1) is 31.6. The SMILES string of the molecule is CC1=[N+](CCCS(=O)(=O)[O-])c2ccc(S(=O)(=O)[O-])cc2C1(C)CCCS(=O)(=O)[O-].[Na+].[Na+]. The van der Waals surface area contributed by atoms with Gasteiger partial charge >= 0.3 is 59.1 Å². The minimum absolute atomic E-state index is 0. The molecule has 0 N–H and O–H groups in total. The molecule has 0 aromatic heterocycles. The minimum Gasteiger partial charge on any atom is -0.748 e. The van der Waals surface area contributed by atoms with Crippen molar-refractivity contribution in [3.8, 4) is 0 Å². The monoisotopic (exact) mass is 513 g/mol. The van der Waals surface area contributed by atoms with Gasteiger partial charge in [0.15, 0.2) is 5.71 Å². The first-order chi connectivity index (χ1) is 13.0. The molecule has 2 rings (SSSR count). The molecule has 0 aliphatic carbocycles. The van der Waals surface area contributed by atoms with E-state index in [9.17, 15) is 38.9 Å². The first-order valence-electron chi connectivity index (χ1n) is 8.64. The van der Waals surface area contributed by atoms with Crippen molar-refractivity contribution >= 4 is 41.8 Å². The predicted molar refractivity (Wildman–Crippen MR) is 100 cm³/mol. The van der Waals surface area contributed by atoms with Crippen LogP contribution in [0.2, 0.25) is 0 Å². The topological polar surface area (TPSA) is 175 Å². The molecule has 10 nitrogen and oxygen atoms in total. The number of benzene rings is 1. The Hall–Kier alpha value is 0.620. The van der Waals surface area contributed by atoms with Crippen molar-refractivity contribution < 1.29 is 103 Å². The van der Waals surface area contributed by atoms with E-state index >= 15 is 0 Å². The predicted octanol–water partition coefficient (Wildman–Crippen LogP) is -5.76. The van der Waals surface area contributed by atoms with Crippen LogP contribution in [0.15, 0.2) is 23.1 Å². The zero-order chi connectivity index (χ0) is 22.3. The van der Waals surface area contributed by atoms with E-state index in [2.05, 4.69) is 0 Å². The molecule has 1 aliphatic heterocycles. The van der Waals surface area contributed by atoms with Crippen molar-refractivity contribution in [2.24, 2.45) is 0 Å². The van der Waals surface area contributed by atoms with Gasteiger partial charge in [0, 0.05) is 36.5 Å². The molecule has 1 atom stereocenters. The summed E-state index contributed by atoms with van der Waals surface area (Å²) in [7, 11) is -13.6. The molecule has 15 heteroatoms. The van der Waals surface area contributed by atoms with Crippen LogP contribution in [0.3, 0.4) is 0 Å². The van der Waals surface area contributed by atoms with Crippen LogP contribution in [-0.2, 0) is 35.8 Å². The second-order valence-corrected chi connectivity index (χ2v) is 11.6. The van der Waals surface area contributed by atoms with Gasteiger partial charge in [-0.05, 0) is 31.9 Å². The van der Waals surface area contributed by atoms with Gasteiger partial charge in [-0.2, -0.15) is 4.58 Å². The summed E-state index contributed by atoms with van der Waals surface area (Å²) in [4.78, 5) is -0.448. The molecule has 0 amide bonds. The maximum atomic E-state index is 11.4. The summed E-state index contributed by atoms with van der Waals surface area (Å²) in [5, 5.41) is 0. The van der Waals surface area contributed by atoms with E-state index in [1.54, 1.807) is 18.4 Å². The molecule has 1 heterocycles. The quantitative estimate of drug-likeness (QED) is 0.177. The van der Waals surface area contributed by atoms with Gasteiger partial charge < -0.3 is 13.7 Å². The smallest absolute Gasteiger partial charge is 0.748 e. The Bertz CT molecular complexity index is 1160. The molecule has 0 radical (unpaired) electrons. The van der Waals surface area contributed by atoms with E-state index < -0.39 is 52.2 Å². The normalized spacial score (nSPS) is 18.9. The fourth-order valence-corrected chi connectivity index (χ4v) is 5.10. The average Bonchev–Trinajstić information content (AvgIpc) is 2.73. The molecule has 1 aromatic carbocycles. The van der Waals surface area contributed by atoms with Crippen LogP contribution in [0.1, 0.15) is 38.7 Å². The minimum atomic E-state index is -4.73. The van der Waals surface area contributed by atoms with Gasteiger partial charge in [0.1, 0.15) is 16.7 Å². The molecule has 1 aliphatic rings. The van der Waals surface area contributed by atoms with Crippen LogP contribution >= 0.6 is 0 Å². The standard InChI is InChI=1S/C16H23NO9S3.2Na/c1-12-16(2,7-3-9-27(18,19)20)14-11-13(29(24,25)26)5-6-15(14)17(12)8-4-10-28(21,22)23;;/h5-6,11H,3-4,7-10H2,1-2H3,(H2-,18,19,20,21,22,23,24,25,26);;/q;2*+1/p-2. The molecular formula is C16H21NNa2O9S3. The number of fused-ring (bicyclic) bond motifs is 1. The van der Waals surface area contributed by atoms with E-state index in [4.69, 9.17) is 0 Å². The molecule has 1 unspecified atom stereocenters. The fourth-order valence-electron chi connectivity index (χ4n) is 3.63. The Morgan fingerprint density at radius 1 is 0.903 bits per heavy atom. The molecule has 0 saturated carbocycles. The Labute approximate surface area is 227 Å². The molecule has 1 aromatic rings. The van der Waals surface area contributed by atoms with Gasteiger partial charge in [-0.1, -0.05) is 0 Å². The first-order valence-corrected chi connectivity index (χ1v) is 13.2. The summed E-state index contributed by atoms with van der Waals surface area (Å²) in [6.45, 7) is 3.59. The van der Waals surface area contributed by atoms with E-state index in [1.807, 2.05) is 0 Å². The number of nitrogens with zero attached hydrogens (tertiary/aromatic N) is 1. The van der Waals surface area contributed by atoms with E-state index in [0.29, 0.717) is 17.0 Å². The van der Waals surface area contributed by atoms with Crippen molar-refractivity contribution in [2.45, 2.75) is 43.4 Å². The van der Waals surface area contributed by atoms with Crippen LogP contribution in [0.5, 0.6) is 0 Å². The Morgan fingerprint density at radius 3 is 1.90 bits per heavy atom. The van der Waals surface area contributed by atoms with Gasteiger partial charge in [-0.15, -0.1) is 0 Å². The zero-order valence-corrected chi connectivity index (χ0v) is 24.3. The van der Waals surface area contributed by atoms with Crippen LogP contribution in [-0.4, -0.2) is 67.2 Å². The van der Waals surface area contributed by atoms with Crippen molar-refractivity contribution in [1.29, 1.82) is 0 Å². The summed E-state index contributed by atoms with van der Waals surface area (Å²) >= 11 is 0. The second kappa shape index (κ2) is 11.4. The van der Waals surface area contributed by atoms with Crippen molar-refractivity contribution in [3.63, 3.8) is 0 Å². The third-order valence-electron chi connectivity index (χ3n) is 5.19. The number of rotatable bonds is 9. The largest absolute Gasteiger partial charge is 1.00 e. The second-order valence-electron chi connectivity index (χ2n) is 7.18. The summed E-state index contributed by atoms with van der Waals surface area (Å²) in [6, 6.07) is 3.78. The molecule has 0 spiro atoms. The summed E-state index contributed by atoms with van der Waals surface area (Å²) in [5.74, 6) is -1.18. The van der Waals surface area contributed by atoms with Gasteiger partial charge in [0.25, 0.3) is 0 Å². The van der Waals surface area contributed by atoms with E-state index in [1.165, 1.54) is 12.1 Å². The molecular weight excluding hydrogens is 492 g/mol. The maximum absolute atomic E-state index is 11.4. The van der Waals surface area contributed by atoms with E-state index in [-0.39, 0.29) is 84.9 Å². The van der Waals surface area contributed by atoms with Crippen molar-refractivity contribution in [2.75, 3.05) is 18.1 Å². The fraction of sp³-hybridized carbons (Fsp3) is 0.562. The van der Waals surface area contributed by atoms with E-state index in [0.717, 1.165) is 6.07 Å².